The van der Waals surface area contributed by atoms with Crippen LogP contribution in [0.4, 0.5) is 0 Å². The molecule has 146 valence electrons. The third kappa shape index (κ3) is 3.86. The number of hydrogen-bond acceptors (Lipinski definition) is 4. The van der Waals surface area contributed by atoms with E-state index in [1.165, 1.54) is 6.42 Å². The highest BCUT2D eigenvalue weighted by molar-refractivity contribution is 9.10. The largest absolute Gasteiger partial charge is 0.490 e. The predicted octanol–water partition coefficient (Wildman–Crippen LogP) is 3.85. The second-order valence-corrected chi connectivity index (χ2v) is 9.56. The van der Waals surface area contributed by atoms with E-state index in [2.05, 4.69) is 21.2 Å². The average molecular weight is 436 g/mol. The van der Waals surface area contributed by atoms with E-state index in [1.807, 2.05) is 24.3 Å². The molecule has 4 aliphatic rings. The van der Waals surface area contributed by atoms with Gasteiger partial charge in [0.05, 0.1) is 5.41 Å². The molecular weight excluding hydrogens is 410 g/mol. The Balaban J connectivity index is 1.36. The van der Waals surface area contributed by atoms with Gasteiger partial charge in [-0.25, -0.2) is 0 Å². The highest BCUT2D eigenvalue weighted by atomic mass is 79.9. The Hall–Kier alpha value is -1.56. The molecule has 0 aliphatic heterocycles. The van der Waals surface area contributed by atoms with Crippen molar-refractivity contribution in [1.82, 2.24) is 5.32 Å². The van der Waals surface area contributed by atoms with E-state index in [1.54, 1.807) is 6.92 Å². The van der Waals surface area contributed by atoms with Crippen molar-refractivity contribution < 1.29 is 19.1 Å². The summed E-state index contributed by atoms with van der Waals surface area (Å²) in [6.45, 7) is 2.15. The highest BCUT2D eigenvalue weighted by Gasteiger charge is 2.61. The van der Waals surface area contributed by atoms with E-state index >= 15 is 0 Å². The zero-order valence-electron chi connectivity index (χ0n) is 15.6. The molecule has 0 unspecified atom stereocenters. The van der Waals surface area contributed by atoms with Gasteiger partial charge in [0.15, 0.2) is 0 Å². The maximum Gasteiger partial charge on any atom is 0.312 e. The monoisotopic (exact) mass is 435 g/mol. The zero-order chi connectivity index (χ0) is 19.1. The van der Waals surface area contributed by atoms with Crippen molar-refractivity contribution in [3.63, 3.8) is 0 Å². The normalized spacial score (nSPS) is 33.6. The number of carbonyl (C=O) groups is 2. The molecule has 4 saturated carbocycles. The molecule has 1 N–H and O–H groups in total. The lowest BCUT2D eigenvalue weighted by Crippen LogP contribution is -2.64. The number of rotatable bonds is 6. The summed E-state index contributed by atoms with van der Waals surface area (Å²) < 4.78 is 12.3. The van der Waals surface area contributed by atoms with E-state index in [-0.39, 0.29) is 24.0 Å². The Morgan fingerprint density at radius 1 is 1.19 bits per heavy atom. The minimum absolute atomic E-state index is 0.00268. The number of esters is 1. The molecule has 1 amide bonds. The smallest absolute Gasteiger partial charge is 0.312 e. The highest BCUT2D eigenvalue weighted by Crippen LogP contribution is 2.62. The summed E-state index contributed by atoms with van der Waals surface area (Å²) in [4.78, 5) is 24.7. The number of carbonyl (C=O) groups excluding carboxylic acids is 2. The van der Waals surface area contributed by atoms with Crippen molar-refractivity contribution in [1.29, 1.82) is 0 Å². The molecule has 5 rings (SSSR count). The third-order valence-corrected chi connectivity index (χ3v) is 6.81. The summed E-state index contributed by atoms with van der Waals surface area (Å²) in [6.07, 6.45) is 5.71. The third-order valence-electron chi connectivity index (χ3n) is 6.32. The van der Waals surface area contributed by atoms with Gasteiger partial charge in [-0.2, -0.15) is 0 Å². The number of nitrogens with one attached hydrogen (secondary N) is 1. The molecule has 0 radical (unpaired) electrons. The summed E-state index contributed by atoms with van der Waals surface area (Å²) in [5.74, 6) is 1.68. The SMILES string of the molecule is CC(=O)NC12C[C@H]3C[C@H](C1)CC(C(=O)OCCOc1cccc(Br)c1)(C3)C2. The van der Waals surface area contributed by atoms with E-state index in [9.17, 15) is 9.59 Å². The van der Waals surface area contributed by atoms with Gasteiger partial charge < -0.3 is 14.8 Å². The molecule has 0 heterocycles. The molecule has 2 atom stereocenters. The predicted molar refractivity (Wildman–Crippen MR) is 104 cm³/mol. The summed E-state index contributed by atoms with van der Waals surface area (Å²) in [7, 11) is 0. The molecule has 4 fully saturated rings. The Kier molecular flexibility index (Phi) is 4.95. The maximum atomic E-state index is 13.0. The van der Waals surface area contributed by atoms with E-state index < -0.39 is 5.41 Å². The Morgan fingerprint density at radius 2 is 1.93 bits per heavy atom. The Bertz CT molecular complexity index is 735. The summed E-state index contributed by atoms with van der Waals surface area (Å²) in [5, 5.41) is 3.19. The van der Waals surface area contributed by atoms with Gasteiger partial charge in [0.2, 0.25) is 5.91 Å². The molecule has 0 aromatic heterocycles. The standard InChI is InChI=1S/C21H26BrNO4/c1-14(24)23-21-11-15-7-16(12-21)10-20(9-15,13-21)19(25)27-6-5-26-18-4-2-3-17(22)8-18/h2-4,8,15-16H,5-7,9-13H2,1H3,(H,23,24)/t15-,16-,20?,21?/m0/s1. The van der Waals surface area contributed by atoms with Gasteiger partial charge in [-0.05, 0) is 68.6 Å². The number of ether oxygens (including phenoxy) is 2. The van der Waals surface area contributed by atoms with E-state index in [4.69, 9.17) is 9.47 Å². The van der Waals surface area contributed by atoms with Crippen molar-refractivity contribution in [2.45, 2.75) is 51.0 Å². The first-order valence-corrected chi connectivity index (χ1v) is 10.5. The molecule has 1 aromatic rings. The fraction of sp³-hybridized carbons (Fsp3) is 0.619. The Morgan fingerprint density at radius 3 is 2.59 bits per heavy atom. The van der Waals surface area contributed by atoms with Gasteiger partial charge in [-0.1, -0.05) is 22.0 Å². The lowest BCUT2D eigenvalue weighted by molar-refractivity contribution is -0.176. The van der Waals surface area contributed by atoms with Gasteiger partial charge in [-0.3, -0.25) is 9.59 Å². The number of halogens is 1. The molecular formula is C21H26BrNO4. The van der Waals surface area contributed by atoms with Gasteiger partial charge in [0.1, 0.15) is 19.0 Å². The van der Waals surface area contributed by atoms with Crippen LogP contribution < -0.4 is 10.1 Å². The topological polar surface area (TPSA) is 64.6 Å². The molecule has 0 saturated heterocycles. The molecule has 0 spiro atoms. The van der Waals surface area contributed by atoms with Gasteiger partial charge in [0, 0.05) is 16.9 Å². The van der Waals surface area contributed by atoms with Crippen LogP contribution in [0.2, 0.25) is 0 Å². The Labute approximate surface area is 168 Å². The van der Waals surface area contributed by atoms with Crippen LogP contribution in [0.25, 0.3) is 0 Å². The van der Waals surface area contributed by atoms with Gasteiger partial charge in [-0.15, -0.1) is 0 Å². The maximum absolute atomic E-state index is 13.0. The molecule has 27 heavy (non-hydrogen) atoms. The van der Waals surface area contributed by atoms with E-state index in [0.29, 0.717) is 18.4 Å². The second-order valence-electron chi connectivity index (χ2n) is 8.64. The molecule has 5 nitrogen and oxygen atoms in total. The van der Waals surface area contributed by atoms with E-state index in [0.717, 1.165) is 42.3 Å². The lowest BCUT2D eigenvalue weighted by atomic mass is 9.47. The first-order valence-electron chi connectivity index (χ1n) is 9.73. The molecule has 6 heteroatoms. The second kappa shape index (κ2) is 7.12. The summed E-state index contributed by atoms with van der Waals surface area (Å²) in [5.41, 5.74) is -0.635. The number of hydrogen-bond donors (Lipinski definition) is 1. The van der Waals surface area contributed by atoms with Crippen molar-refractivity contribution in [3.8, 4) is 5.75 Å². The van der Waals surface area contributed by atoms with Crippen LogP contribution >= 0.6 is 15.9 Å². The fourth-order valence-corrected chi connectivity index (χ4v) is 6.40. The lowest BCUT2D eigenvalue weighted by Gasteiger charge is -2.60. The molecule has 4 aliphatic carbocycles. The first-order chi connectivity index (χ1) is 12.9. The van der Waals surface area contributed by atoms with Crippen molar-refractivity contribution in [2.24, 2.45) is 17.3 Å². The van der Waals surface area contributed by atoms with Crippen LogP contribution in [0.15, 0.2) is 28.7 Å². The summed E-state index contributed by atoms with van der Waals surface area (Å²) in [6, 6.07) is 7.61. The minimum Gasteiger partial charge on any atom is -0.490 e. The van der Waals surface area contributed by atoms with Gasteiger partial charge in [0.25, 0.3) is 0 Å². The van der Waals surface area contributed by atoms with Crippen LogP contribution in [0.1, 0.15) is 45.4 Å². The van der Waals surface area contributed by atoms with Crippen molar-refractivity contribution >= 4 is 27.8 Å². The quantitative estimate of drug-likeness (QED) is 0.544. The van der Waals surface area contributed by atoms with Crippen LogP contribution in [-0.2, 0) is 14.3 Å². The van der Waals surface area contributed by atoms with Crippen LogP contribution in [0, 0.1) is 17.3 Å². The fourth-order valence-electron chi connectivity index (χ4n) is 6.02. The van der Waals surface area contributed by atoms with Crippen LogP contribution in [-0.4, -0.2) is 30.6 Å². The van der Waals surface area contributed by atoms with Gasteiger partial charge >= 0.3 is 5.97 Å². The average Bonchev–Trinajstić information content (AvgIpc) is 2.56. The first kappa shape index (κ1) is 18.8. The number of benzene rings is 1. The minimum atomic E-state index is -0.428. The van der Waals surface area contributed by atoms with Crippen molar-refractivity contribution in [2.75, 3.05) is 13.2 Å². The van der Waals surface area contributed by atoms with Crippen LogP contribution in [0.3, 0.4) is 0 Å². The van der Waals surface area contributed by atoms with Crippen LogP contribution in [0.5, 0.6) is 5.75 Å². The molecule has 4 bridgehead atoms. The summed E-state index contributed by atoms with van der Waals surface area (Å²) >= 11 is 3.41. The van der Waals surface area contributed by atoms with Crippen molar-refractivity contribution in [3.05, 3.63) is 28.7 Å². The number of amides is 1. The molecule has 1 aromatic carbocycles. The zero-order valence-corrected chi connectivity index (χ0v) is 17.2.